The van der Waals surface area contributed by atoms with Gasteiger partial charge in [-0.1, -0.05) is 115 Å². The highest BCUT2D eigenvalue weighted by Gasteiger charge is 2.44. The van der Waals surface area contributed by atoms with Crippen molar-refractivity contribution in [2.24, 2.45) is 0 Å². The van der Waals surface area contributed by atoms with Crippen LogP contribution in [0.2, 0.25) is 0 Å². The number of para-hydroxylation sites is 2. The summed E-state index contributed by atoms with van der Waals surface area (Å²) < 4.78 is 5.41. The summed E-state index contributed by atoms with van der Waals surface area (Å²) in [6.45, 7) is 0.0707. The quantitative estimate of drug-likeness (QED) is 0.168. The monoisotopic (exact) mass is 682 g/mol. The highest BCUT2D eigenvalue weighted by Crippen LogP contribution is 2.52. The number of nitrogens with zero attached hydrogens (tertiary/aromatic N) is 2. The lowest BCUT2D eigenvalue weighted by atomic mass is 9.46. The average Bonchev–Trinajstić information content (AvgIpc) is 3.90. The Labute approximate surface area is 303 Å². The Bertz CT molecular complexity index is 2990. The first-order chi connectivity index (χ1) is 25.3. The zero-order valence-corrected chi connectivity index (χ0v) is 29.0. The number of anilines is 3. The fraction of sp³-hybridized carbons (Fsp3) is 0. The van der Waals surface area contributed by atoms with Crippen molar-refractivity contribution in [1.82, 2.24) is 4.48 Å². The van der Waals surface area contributed by atoms with Gasteiger partial charge < -0.3 is 9.38 Å². The fourth-order valence-corrected chi connectivity index (χ4v) is 11.2. The Morgan fingerprint density at radius 2 is 1.20 bits per heavy atom. The molecule has 5 heterocycles. The first kappa shape index (κ1) is 27.9. The van der Waals surface area contributed by atoms with E-state index < -0.39 is 0 Å². The van der Waals surface area contributed by atoms with E-state index in [9.17, 15) is 0 Å². The highest BCUT2D eigenvalue weighted by atomic mass is 32.1. The molecule has 0 aliphatic carbocycles. The van der Waals surface area contributed by atoms with Crippen molar-refractivity contribution in [2.45, 2.75) is 0 Å². The minimum Gasteiger partial charge on any atom is -0.375 e. The number of rotatable bonds is 3. The van der Waals surface area contributed by atoms with Crippen LogP contribution in [-0.2, 0) is 0 Å². The Hall–Kier alpha value is -5.88. The minimum atomic E-state index is 0.0707. The third-order valence-electron chi connectivity index (χ3n) is 11.0. The maximum Gasteiger partial charge on any atom is 0.333 e. The molecule has 236 valence electrons. The molecule has 0 atom stereocenters. The zero-order valence-electron chi connectivity index (χ0n) is 27.4. The van der Waals surface area contributed by atoms with Crippen molar-refractivity contribution in [2.75, 3.05) is 4.90 Å². The Morgan fingerprint density at radius 3 is 1.98 bits per heavy atom. The molecule has 0 saturated heterocycles. The third kappa shape index (κ3) is 3.77. The van der Waals surface area contributed by atoms with Crippen LogP contribution in [0, 0.1) is 0 Å². The van der Waals surface area contributed by atoms with E-state index in [1.165, 1.54) is 103 Å². The van der Waals surface area contributed by atoms with E-state index in [4.69, 9.17) is 0 Å². The zero-order chi connectivity index (χ0) is 33.2. The summed E-state index contributed by atoms with van der Waals surface area (Å²) in [4.78, 5) is 3.92. The smallest absolute Gasteiger partial charge is 0.333 e. The molecule has 0 N–H and O–H groups in total. The van der Waals surface area contributed by atoms with Gasteiger partial charge in [-0.25, -0.2) is 0 Å². The van der Waals surface area contributed by atoms with Gasteiger partial charge in [-0.3, -0.25) is 0 Å². The molecule has 5 heteroatoms. The van der Waals surface area contributed by atoms with Gasteiger partial charge in [-0.2, -0.15) is 0 Å². The van der Waals surface area contributed by atoms with Crippen molar-refractivity contribution in [1.29, 1.82) is 0 Å². The van der Waals surface area contributed by atoms with Crippen LogP contribution in [0.25, 0.3) is 74.7 Å². The summed E-state index contributed by atoms with van der Waals surface area (Å²) in [5, 5.41) is 7.85. The van der Waals surface area contributed by atoms with E-state index in [0.717, 1.165) is 0 Å². The molecular weight excluding hydrogens is 655 g/mol. The lowest BCUT2D eigenvalue weighted by molar-refractivity contribution is 1.27. The van der Waals surface area contributed by atoms with Crippen LogP contribution in [0.15, 0.2) is 163 Å². The second kappa shape index (κ2) is 10.3. The van der Waals surface area contributed by atoms with Crippen molar-refractivity contribution in [3.05, 3.63) is 163 Å². The lowest BCUT2D eigenvalue weighted by Crippen LogP contribution is -2.55. The predicted octanol–water partition coefficient (Wildman–Crippen LogP) is 12.0. The largest absolute Gasteiger partial charge is 0.375 e. The van der Waals surface area contributed by atoms with Gasteiger partial charge in [0.15, 0.2) is 0 Å². The van der Waals surface area contributed by atoms with Gasteiger partial charge in [0, 0.05) is 69.2 Å². The summed E-state index contributed by atoms with van der Waals surface area (Å²) in [6.07, 6.45) is 0. The van der Waals surface area contributed by atoms with Crippen LogP contribution < -0.4 is 15.8 Å². The van der Waals surface area contributed by atoms with Gasteiger partial charge in [-0.05, 0) is 75.6 Å². The van der Waals surface area contributed by atoms with E-state index in [1.54, 1.807) is 0 Å². The molecule has 7 aromatic carbocycles. The van der Waals surface area contributed by atoms with Crippen LogP contribution in [-0.4, -0.2) is 11.3 Å². The Balaban J connectivity index is 1.18. The lowest BCUT2D eigenvalue weighted by Gasteiger charge is -2.38. The van der Waals surface area contributed by atoms with Crippen LogP contribution in [0.1, 0.15) is 0 Å². The molecular formula is C46H27BN2S2. The molecule has 12 rings (SSSR count). The first-order valence-corrected chi connectivity index (χ1v) is 19.1. The number of hydrogen-bond donors (Lipinski definition) is 0. The minimum absolute atomic E-state index is 0.0707. The van der Waals surface area contributed by atoms with Crippen molar-refractivity contribution in [3.63, 3.8) is 0 Å². The molecule has 0 amide bonds. The SMILES string of the molecule is c1ccc(-c2cc(-c3ccccc3)cc(N3c4ccccc4B4c5c3csc5-c3cc5c6ccccc6sc5c5c6ccccc6n4c35)c2)cc1. The predicted molar refractivity (Wildman–Crippen MR) is 222 cm³/mol. The third-order valence-corrected chi connectivity index (χ3v) is 13.2. The second-order valence-corrected chi connectivity index (χ2v) is 15.6. The van der Waals surface area contributed by atoms with Gasteiger partial charge >= 0.3 is 6.85 Å². The van der Waals surface area contributed by atoms with Gasteiger partial charge in [-0.15, -0.1) is 22.7 Å². The topological polar surface area (TPSA) is 8.17 Å². The van der Waals surface area contributed by atoms with Gasteiger partial charge in [0.2, 0.25) is 0 Å². The van der Waals surface area contributed by atoms with Crippen molar-refractivity contribution < 1.29 is 0 Å². The van der Waals surface area contributed by atoms with Crippen molar-refractivity contribution >= 4 is 99.5 Å². The van der Waals surface area contributed by atoms with Crippen LogP contribution in [0.3, 0.4) is 0 Å². The van der Waals surface area contributed by atoms with Gasteiger partial charge in [0.05, 0.1) is 5.69 Å². The molecule has 2 aliphatic rings. The maximum absolute atomic E-state index is 2.67. The van der Waals surface area contributed by atoms with E-state index in [1.807, 2.05) is 22.7 Å². The summed E-state index contributed by atoms with van der Waals surface area (Å²) in [6, 6.07) is 58.3. The Morgan fingerprint density at radius 1 is 0.529 bits per heavy atom. The van der Waals surface area contributed by atoms with E-state index in [2.05, 4.69) is 172 Å². The maximum atomic E-state index is 2.67. The molecule has 3 aromatic heterocycles. The summed E-state index contributed by atoms with van der Waals surface area (Å²) in [5.74, 6) is 0. The fourth-order valence-electron chi connectivity index (χ4n) is 8.90. The number of thiophene rings is 2. The number of fused-ring (bicyclic) bond motifs is 11. The molecule has 10 aromatic rings. The number of aromatic nitrogens is 1. The molecule has 0 fully saturated rings. The van der Waals surface area contributed by atoms with E-state index in [0.29, 0.717) is 0 Å². The van der Waals surface area contributed by atoms with Crippen molar-refractivity contribution in [3.8, 4) is 32.7 Å². The molecule has 0 unspecified atom stereocenters. The standard InChI is InChI=1S/C46H27BN2S2/c1-3-13-28(14-4-1)30-23-31(29-15-5-2-6-16-29)25-32(24-30)48-39-21-11-9-19-37(39)47-43-40(48)27-50-46(43)36-26-35-33-17-8-12-22-41(33)51-45(35)42-34-18-7-10-20-38(34)49(47)44(36)42/h1-27H. The normalized spacial score (nSPS) is 13.0. The molecule has 51 heavy (non-hydrogen) atoms. The average molecular weight is 683 g/mol. The summed E-state index contributed by atoms with van der Waals surface area (Å²) in [7, 11) is 0. The number of hydrogen-bond acceptors (Lipinski definition) is 3. The van der Waals surface area contributed by atoms with E-state index in [-0.39, 0.29) is 6.85 Å². The number of benzene rings is 7. The molecule has 2 aliphatic heterocycles. The molecule has 2 nitrogen and oxygen atoms in total. The van der Waals surface area contributed by atoms with Crippen LogP contribution >= 0.6 is 22.7 Å². The highest BCUT2D eigenvalue weighted by molar-refractivity contribution is 7.27. The molecule has 0 bridgehead atoms. The second-order valence-electron chi connectivity index (χ2n) is 13.7. The molecule has 0 spiro atoms. The van der Waals surface area contributed by atoms with Gasteiger partial charge in [0.1, 0.15) is 0 Å². The van der Waals surface area contributed by atoms with Crippen LogP contribution in [0.4, 0.5) is 17.1 Å². The summed E-state index contributed by atoms with van der Waals surface area (Å²) in [5.41, 5.74) is 15.3. The van der Waals surface area contributed by atoms with Crippen LogP contribution in [0.5, 0.6) is 0 Å². The summed E-state index contributed by atoms with van der Waals surface area (Å²) >= 11 is 3.84. The van der Waals surface area contributed by atoms with E-state index >= 15 is 0 Å². The Kier molecular flexibility index (Phi) is 5.65. The molecule has 0 radical (unpaired) electrons. The first-order valence-electron chi connectivity index (χ1n) is 17.5. The van der Waals surface area contributed by atoms with Gasteiger partial charge in [0.25, 0.3) is 0 Å². The molecule has 0 saturated carbocycles.